The van der Waals surface area contributed by atoms with E-state index in [9.17, 15) is 0 Å². The molecule has 102 valence electrons. The van der Waals surface area contributed by atoms with Gasteiger partial charge in [0.25, 0.3) is 0 Å². The minimum Gasteiger partial charge on any atom is -0.436 e. The molecule has 0 saturated heterocycles. The largest absolute Gasteiger partial charge is 0.436 e. The number of oxazole rings is 1. The van der Waals surface area contributed by atoms with Crippen LogP contribution in [0.2, 0.25) is 0 Å². The van der Waals surface area contributed by atoms with Gasteiger partial charge < -0.3 is 4.42 Å². The SMILES string of the molecule is Cc1cc(C)c2oc(-c3cc(Br)c(C)c(Br)c3)nc2c1. The fourth-order valence-electron chi connectivity index (χ4n) is 2.27. The third kappa shape index (κ3) is 2.31. The van der Waals surface area contributed by atoms with Crippen LogP contribution < -0.4 is 0 Å². The van der Waals surface area contributed by atoms with Crippen molar-refractivity contribution in [2.24, 2.45) is 0 Å². The van der Waals surface area contributed by atoms with E-state index in [4.69, 9.17) is 4.42 Å². The molecule has 1 heterocycles. The number of halogens is 2. The van der Waals surface area contributed by atoms with Crippen LogP contribution in [0.3, 0.4) is 0 Å². The summed E-state index contributed by atoms with van der Waals surface area (Å²) < 4.78 is 8.01. The fraction of sp³-hybridized carbons (Fsp3) is 0.188. The zero-order valence-corrected chi connectivity index (χ0v) is 14.6. The molecule has 0 atom stereocenters. The Morgan fingerprint density at radius 3 is 2.25 bits per heavy atom. The van der Waals surface area contributed by atoms with Crippen molar-refractivity contribution < 1.29 is 4.42 Å². The summed E-state index contributed by atoms with van der Waals surface area (Å²) >= 11 is 7.13. The topological polar surface area (TPSA) is 26.0 Å². The normalized spacial score (nSPS) is 11.2. The van der Waals surface area contributed by atoms with Crippen LogP contribution in [0.4, 0.5) is 0 Å². The number of hydrogen-bond donors (Lipinski definition) is 0. The van der Waals surface area contributed by atoms with Crippen molar-refractivity contribution in [3.63, 3.8) is 0 Å². The Kier molecular flexibility index (Phi) is 3.46. The Labute approximate surface area is 134 Å². The van der Waals surface area contributed by atoms with Crippen molar-refractivity contribution in [1.29, 1.82) is 0 Å². The lowest BCUT2D eigenvalue weighted by Gasteiger charge is -2.03. The Bertz CT molecular complexity index is 798. The summed E-state index contributed by atoms with van der Waals surface area (Å²) in [7, 11) is 0. The fourth-order valence-corrected chi connectivity index (χ4v) is 3.46. The van der Waals surface area contributed by atoms with E-state index in [0.29, 0.717) is 5.89 Å². The van der Waals surface area contributed by atoms with Gasteiger partial charge in [-0.2, -0.15) is 0 Å². The van der Waals surface area contributed by atoms with Gasteiger partial charge in [-0.25, -0.2) is 4.98 Å². The zero-order valence-electron chi connectivity index (χ0n) is 11.4. The van der Waals surface area contributed by atoms with Crippen LogP contribution in [0.1, 0.15) is 16.7 Å². The van der Waals surface area contributed by atoms with Crippen molar-refractivity contribution in [2.75, 3.05) is 0 Å². The highest BCUT2D eigenvalue weighted by atomic mass is 79.9. The number of benzene rings is 2. The second kappa shape index (κ2) is 5.01. The van der Waals surface area contributed by atoms with E-state index in [2.05, 4.69) is 56.8 Å². The second-order valence-electron chi connectivity index (χ2n) is 5.01. The Morgan fingerprint density at radius 1 is 0.950 bits per heavy atom. The third-order valence-corrected chi connectivity index (χ3v) is 5.00. The predicted molar refractivity (Wildman–Crippen MR) is 89.1 cm³/mol. The van der Waals surface area contributed by atoms with E-state index < -0.39 is 0 Å². The van der Waals surface area contributed by atoms with Gasteiger partial charge >= 0.3 is 0 Å². The van der Waals surface area contributed by atoms with E-state index >= 15 is 0 Å². The van der Waals surface area contributed by atoms with Gasteiger partial charge in [0.15, 0.2) is 5.58 Å². The zero-order chi connectivity index (χ0) is 14.4. The van der Waals surface area contributed by atoms with Crippen LogP contribution in [0.5, 0.6) is 0 Å². The van der Waals surface area contributed by atoms with Gasteiger partial charge in [-0.3, -0.25) is 0 Å². The van der Waals surface area contributed by atoms with Crippen molar-refractivity contribution in [2.45, 2.75) is 20.8 Å². The quantitative estimate of drug-likeness (QED) is 0.510. The van der Waals surface area contributed by atoms with E-state index in [-0.39, 0.29) is 0 Å². The number of fused-ring (bicyclic) bond motifs is 1. The minimum atomic E-state index is 0.648. The average molecular weight is 395 g/mol. The van der Waals surface area contributed by atoms with Gasteiger partial charge in [0.05, 0.1) is 0 Å². The lowest BCUT2D eigenvalue weighted by molar-refractivity contribution is 0.617. The smallest absolute Gasteiger partial charge is 0.227 e. The molecule has 1 aromatic heterocycles. The summed E-state index contributed by atoms with van der Waals surface area (Å²) in [5.41, 5.74) is 6.20. The highest BCUT2D eigenvalue weighted by molar-refractivity contribution is 9.11. The average Bonchev–Trinajstić information content (AvgIpc) is 2.79. The molecule has 2 aromatic carbocycles. The molecule has 0 unspecified atom stereocenters. The van der Waals surface area contributed by atoms with E-state index in [0.717, 1.165) is 36.7 Å². The molecule has 0 radical (unpaired) electrons. The maximum Gasteiger partial charge on any atom is 0.227 e. The number of aryl methyl sites for hydroxylation is 2. The molecule has 20 heavy (non-hydrogen) atoms. The molecule has 3 aromatic rings. The summed E-state index contributed by atoms with van der Waals surface area (Å²) in [5.74, 6) is 0.648. The first-order valence-corrected chi connectivity index (χ1v) is 7.88. The number of rotatable bonds is 1. The molecule has 0 saturated carbocycles. The summed E-state index contributed by atoms with van der Waals surface area (Å²) in [6.45, 7) is 6.17. The maximum atomic E-state index is 5.94. The van der Waals surface area contributed by atoms with Crippen LogP contribution >= 0.6 is 31.9 Å². The Morgan fingerprint density at radius 2 is 1.60 bits per heavy atom. The lowest BCUT2D eigenvalue weighted by Crippen LogP contribution is -1.83. The van der Waals surface area contributed by atoms with Gasteiger partial charge in [0.1, 0.15) is 5.52 Å². The van der Waals surface area contributed by atoms with Crippen molar-refractivity contribution in [3.05, 3.63) is 49.9 Å². The van der Waals surface area contributed by atoms with Crippen LogP contribution in [0.15, 0.2) is 37.6 Å². The van der Waals surface area contributed by atoms with E-state index in [1.165, 1.54) is 5.56 Å². The molecule has 4 heteroatoms. The molecule has 0 aliphatic rings. The van der Waals surface area contributed by atoms with Crippen LogP contribution in [0.25, 0.3) is 22.6 Å². The van der Waals surface area contributed by atoms with Crippen LogP contribution in [0, 0.1) is 20.8 Å². The van der Waals surface area contributed by atoms with Crippen LogP contribution in [-0.2, 0) is 0 Å². The van der Waals surface area contributed by atoms with Gasteiger partial charge in [-0.15, -0.1) is 0 Å². The summed E-state index contributed by atoms with van der Waals surface area (Å²) in [4.78, 5) is 4.61. The molecule has 0 aliphatic carbocycles. The number of nitrogens with zero attached hydrogens (tertiary/aromatic N) is 1. The summed E-state index contributed by atoms with van der Waals surface area (Å²) in [6.07, 6.45) is 0. The molecule has 0 aliphatic heterocycles. The van der Waals surface area contributed by atoms with Gasteiger partial charge in [-0.1, -0.05) is 37.9 Å². The summed E-state index contributed by atoms with van der Waals surface area (Å²) in [6, 6.07) is 8.23. The molecular formula is C16H13Br2NO. The molecule has 0 N–H and O–H groups in total. The highest BCUT2D eigenvalue weighted by Crippen LogP contribution is 2.33. The summed E-state index contributed by atoms with van der Waals surface area (Å²) in [5, 5.41) is 0. The lowest BCUT2D eigenvalue weighted by atomic mass is 10.1. The predicted octanol–water partition coefficient (Wildman–Crippen LogP) is 5.95. The molecule has 3 rings (SSSR count). The number of aromatic nitrogens is 1. The van der Waals surface area contributed by atoms with Gasteiger partial charge in [-0.05, 0) is 55.7 Å². The molecule has 0 amide bonds. The standard InChI is InChI=1S/C16H13Br2NO/c1-8-4-9(2)15-14(5-8)19-16(20-15)11-6-12(17)10(3)13(18)7-11/h4-7H,1-3H3. The molecule has 0 bridgehead atoms. The van der Waals surface area contributed by atoms with Crippen molar-refractivity contribution >= 4 is 43.0 Å². The molecular weight excluding hydrogens is 382 g/mol. The van der Waals surface area contributed by atoms with Crippen LogP contribution in [-0.4, -0.2) is 4.98 Å². The molecule has 2 nitrogen and oxygen atoms in total. The first kappa shape index (κ1) is 13.8. The van der Waals surface area contributed by atoms with E-state index in [1.54, 1.807) is 0 Å². The van der Waals surface area contributed by atoms with Gasteiger partial charge in [0.2, 0.25) is 5.89 Å². The Hall–Kier alpha value is -1.13. The van der Waals surface area contributed by atoms with Crippen molar-refractivity contribution in [3.8, 4) is 11.5 Å². The molecule has 0 fully saturated rings. The van der Waals surface area contributed by atoms with E-state index in [1.807, 2.05) is 25.1 Å². The van der Waals surface area contributed by atoms with Gasteiger partial charge in [0, 0.05) is 14.5 Å². The monoisotopic (exact) mass is 393 g/mol. The first-order chi connectivity index (χ1) is 9.45. The highest BCUT2D eigenvalue weighted by Gasteiger charge is 2.13. The second-order valence-corrected chi connectivity index (χ2v) is 6.72. The Balaban J connectivity index is 2.22. The third-order valence-electron chi connectivity index (χ3n) is 3.35. The maximum absolute atomic E-state index is 5.94. The molecule has 0 spiro atoms. The van der Waals surface area contributed by atoms with Crippen molar-refractivity contribution in [1.82, 2.24) is 4.98 Å². The minimum absolute atomic E-state index is 0.648. The first-order valence-electron chi connectivity index (χ1n) is 6.29. The number of hydrogen-bond acceptors (Lipinski definition) is 2.